The van der Waals surface area contributed by atoms with Crippen molar-refractivity contribution in [2.24, 2.45) is 5.73 Å². The largest absolute Gasteiger partial charge is 0.393 e. The predicted molar refractivity (Wildman–Crippen MR) is 77.1 cm³/mol. The van der Waals surface area contributed by atoms with Crippen LogP contribution in [-0.2, 0) is 0 Å². The Morgan fingerprint density at radius 1 is 1.05 bits per heavy atom. The van der Waals surface area contributed by atoms with Crippen molar-refractivity contribution in [3.05, 3.63) is 35.4 Å². The van der Waals surface area contributed by atoms with Crippen LogP contribution in [0.1, 0.15) is 46.4 Å². The van der Waals surface area contributed by atoms with Gasteiger partial charge in [0.2, 0.25) is 0 Å². The van der Waals surface area contributed by atoms with E-state index in [9.17, 15) is 9.59 Å². The predicted octanol–water partition coefficient (Wildman–Crippen LogP) is 2.13. The number of nitrogens with two attached hydrogens (primary N) is 1. The van der Waals surface area contributed by atoms with Crippen molar-refractivity contribution in [2.45, 2.75) is 25.7 Å². The van der Waals surface area contributed by atoms with E-state index in [0.29, 0.717) is 22.7 Å². The highest BCUT2D eigenvalue weighted by Gasteiger charge is 2.34. The van der Waals surface area contributed by atoms with E-state index in [4.69, 9.17) is 18.0 Å². The molecule has 4 nitrogen and oxygen atoms in total. The number of thiocarbonyl (C=S) groups is 1. The number of imide groups is 1. The Morgan fingerprint density at radius 2 is 1.63 bits per heavy atom. The molecule has 0 unspecified atom stereocenters. The van der Waals surface area contributed by atoms with E-state index in [1.165, 1.54) is 4.90 Å². The first kappa shape index (κ1) is 13.7. The van der Waals surface area contributed by atoms with Gasteiger partial charge in [0.15, 0.2) is 0 Å². The molecule has 0 bridgehead atoms. The van der Waals surface area contributed by atoms with Crippen molar-refractivity contribution in [3.8, 4) is 0 Å². The SMILES string of the molecule is NC(=S)CCCCCN1C(=O)c2ccccc2C1=O. The summed E-state index contributed by atoms with van der Waals surface area (Å²) in [6, 6.07) is 6.94. The second-order valence-electron chi connectivity index (χ2n) is 4.58. The van der Waals surface area contributed by atoms with Crippen molar-refractivity contribution in [3.63, 3.8) is 0 Å². The molecule has 1 aliphatic heterocycles. The third-order valence-corrected chi connectivity index (χ3v) is 3.39. The zero-order valence-electron chi connectivity index (χ0n) is 10.6. The van der Waals surface area contributed by atoms with Gasteiger partial charge in [-0.1, -0.05) is 30.8 Å². The fraction of sp³-hybridized carbons (Fsp3) is 0.357. The molecular formula is C14H16N2O2S. The quantitative estimate of drug-likeness (QED) is 0.491. The van der Waals surface area contributed by atoms with E-state index in [-0.39, 0.29) is 11.8 Å². The highest BCUT2D eigenvalue weighted by Crippen LogP contribution is 2.22. The Balaban J connectivity index is 1.88. The minimum absolute atomic E-state index is 0.185. The Morgan fingerprint density at radius 3 is 2.16 bits per heavy atom. The van der Waals surface area contributed by atoms with Gasteiger partial charge < -0.3 is 5.73 Å². The Kier molecular flexibility index (Phi) is 4.27. The van der Waals surface area contributed by atoms with Crippen molar-refractivity contribution in [1.82, 2.24) is 4.90 Å². The monoisotopic (exact) mass is 276 g/mol. The van der Waals surface area contributed by atoms with E-state index >= 15 is 0 Å². The molecule has 2 amide bonds. The van der Waals surface area contributed by atoms with E-state index in [1.54, 1.807) is 24.3 Å². The zero-order valence-corrected chi connectivity index (χ0v) is 11.4. The van der Waals surface area contributed by atoms with E-state index < -0.39 is 0 Å². The number of hydrogen-bond donors (Lipinski definition) is 1. The molecule has 0 saturated heterocycles. The smallest absolute Gasteiger partial charge is 0.261 e. The number of carbonyl (C=O) groups excluding carboxylic acids is 2. The van der Waals surface area contributed by atoms with Crippen LogP contribution in [0, 0.1) is 0 Å². The average Bonchev–Trinajstić information content (AvgIpc) is 2.63. The summed E-state index contributed by atoms with van der Waals surface area (Å²) < 4.78 is 0. The summed E-state index contributed by atoms with van der Waals surface area (Å²) in [5.74, 6) is -0.370. The molecule has 0 aromatic heterocycles. The van der Waals surface area contributed by atoms with Gasteiger partial charge in [0, 0.05) is 6.54 Å². The third-order valence-electron chi connectivity index (χ3n) is 3.18. The first-order valence-corrected chi connectivity index (χ1v) is 6.75. The van der Waals surface area contributed by atoms with Crippen LogP contribution in [-0.4, -0.2) is 28.2 Å². The fourth-order valence-electron chi connectivity index (χ4n) is 2.19. The van der Waals surface area contributed by atoms with Crippen LogP contribution in [0.25, 0.3) is 0 Å². The summed E-state index contributed by atoms with van der Waals surface area (Å²) in [5.41, 5.74) is 6.43. The molecule has 2 rings (SSSR count). The molecule has 0 spiro atoms. The van der Waals surface area contributed by atoms with Crippen LogP contribution < -0.4 is 5.73 Å². The summed E-state index contributed by atoms with van der Waals surface area (Å²) in [7, 11) is 0. The summed E-state index contributed by atoms with van der Waals surface area (Å²) >= 11 is 4.80. The minimum Gasteiger partial charge on any atom is -0.393 e. The number of rotatable bonds is 6. The van der Waals surface area contributed by atoms with E-state index in [0.717, 1.165) is 25.7 Å². The topological polar surface area (TPSA) is 63.4 Å². The molecule has 2 N–H and O–H groups in total. The lowest BCUT2D eigenvalue weighted by atomic mass is 10.1. The van der Waals surface area contributed by atoms with Gasteiger partial charge in [0.05, 0.1) is 16.1 Å². The zero-order chi connectivity index (χ0) is 13.8. The minimum atomic E-state index is -0.185. The van der Waals surface area contributed by atoms with Gasteiger partial charge in [-0.15, -0.1) is 0 Å². The molecule has 0 fully saturated rings. The molecule has 0 atom stereocenters. The van der Waals surface area contributed by atoms with Gasteiger partial charge in [-0.3, -0.25) is 14.5 Å². The molecule has 19 heavy (non-hydrogen) atoms. The van der Waals surface area contributed by atoms with Crippen molar-refractivity contribution < 1.29 is 9.59 Å². The van der Waals surface area contributed by atoms with Crippen molar-refractivity contribution in [1.29, 1.82) is 0 Å². The summed E-state index contributed by atoms with van der Waals surface area (Å²) in [6.45, 7) is 0.462. The number of benzene rings is 1. The van der Waals surface area contributed by atoms with Gasteiger partial charge in [0.1, 0.15) is 0 Å². The van der Waals surface area contributed by atoms with Crippen LogP contribution in [0.4, 0.5) is 0 Å². The lowest BCUT2D eigenvalue weighted by Gasteiger charge is -2.13. The highest BCUT2D eigenvalue weighted by molar-refractivity contribution is 7.80. The molecular weight excluding hydrogens is 260 g/mol. The van der Waals surface area contributed by atoms with Gasteiger partial charge in [-0.25, -0.2) is 0 Å². The molecule has 5 heteroatoms. The van der Waals surface area contributed by atoms with Gasteiger partial charge in [-0.2, -0.15) is 0 Å². The van der Waals surface area contributed by atoms with Crippen LogP contribution >= 0.6 is 12.2 Å². The molecule has 0 aliphatic carbocycles. The normalized spacial score (nSPS) is 13.8. The molecule has 1 heterocycles. The first-order valence-electron chi connectivity index (χ1n) is 6.35. The summed E-state index contributed by atoms with van der Waals surface area (Å²) in [5, 5.41) is 0. The van der Waals surface area contributed by atoms with Gasteiger partial charge in [0.25, 0.3) is 11.8 Å². The molecule has 1 aliphatic rings. The Labute approximate surface area is 117 Å². The molecule has 1 aromatic carbocycles. The van der Waals surface area contributed by atoms with Crippen LogP contribution in [0.5, 0.6) is 0 Å². The lowest BCUT2D eigenvalue weighted by molar-refractivity contribution is 0.0651. The Hall–Kier alpha value is -1.75. The average molecular weight is 276 g/mol. The maximum atomic E-state index is 12.0. The third kappa shape index (κ3) is 2.98. The standard InChI is InChI=1S/C14H16N2O2S/c15-12(19)8-2-1-5-9-16-13(17)10-6-3-4-7-11(10)14(16)18/h3-4,6-7H,1-2,5,8-9H2,(H2,15,19). The lowest BCUT2D eigenvalue weighted by Crippen LogP contribution is -2.30. The fourth-order valence-corrected chi connectivity index (χ4v) is 2.33. The second-order valence-corrected chi connectivity index (χ2v) is 5.11. The summed E-state index contributed by atoms with van der Waals surface area (Å²) in [4.78, 5) is 25.9. The van der Waals surface area contributed by atoms with Crippen LogP contribution in [0.3, 0.4) is 0 Å². The van der Waals surface area contributed by atoms with Crippen LogP contribution in [0.15, 0.2) is 24.3 Å². The van der Waals surface area contributed by atoms with E-state index in [2.05, 4.69) is 0 Å². The number of unbranched alkanes of at least 4 members (excludes halogenated alkanes) is 2. The molecule has 0 saturated carbocycles. The number of amides is 2. The van der Waals surface area contributed by atoms with Gasteiger partial charge >= 0.3 is 0 Å². The molecule has 100 valence electrons. The highest BCUT2D eigenvalue weighted by atomic mass is 32.1. The van der Waals surface area contributed by atoms with Gasteiger partial charge in [-0.05, 0) is 31.4 Å². The second kappa shape index (κ2) is 5.93. The first-order chi connectivity index (χ1) is 9.11. The van der Waals surface area contributed by atoms with Crippen molar-refractivity contribution in [2.75, 3.05) is 6.54 Å². The van der Waals surface area contributed by atoms with E-state index in [1.807, 2.05) is 0 Å². The Bertz CT molecular complexity index is 493. The summed E-state index contributed by atoms with van der Waals surface area (Å²) in [6.07, 6.45) is 3.31. The van der Waals surface area contributed by atoms with Crippen molar-refractivity contribution >= 4 is 29.0 Å². The molecule has 1 aromatic rings. The van der Waals surface area contributed by atoms with Crippen LogP contribution in [0.2, 0.25) is 0 Å². The number of nitrogens with zero attached hydrogens (tertiary/aromatic N) is 1. The maximum Gasteiger partial charge on any atom is 0.261 e. The number of carbonyl (C=O) groups is 2. The maximum absolute atomic E-state index is 12.0. The molecule has 0 radical (unpaired) electrons. The number of fused-ring (bicyclic) bond motifs is 1. The number of hydrogen-bond acceptors (Lipinski definition) is 3.